The zero-order valence-electron chi connectivity index (χ0n) is 13.6. The predicted octanol–water partition coefficient (Wildman–Crippen LogP) is 5.08. The minimum Gasteiger partial charge on any atom is -0.481 e. The molecule has 0 radical (unpaired) electrons. The van der Waals surface area contributed by atoms with Crippen molar-refractivity contribution in [2.75, 3.05) is 5.32 Å². The summed E-state index contributed by atoms with van der Waals surface area (Å²) >= 11 is 4.85. The van der Waals surface area contributed by atoms with Crippen molar-refractivity contribution < 1.29 is 9.53 Å². The monoisotopic (exact) mass is 404 g/mol. The first-order valence-corrected chi connectivity index (χ1v) is 9.15. The van der Waals surface area contributed by atoms with Gasteiger partial charge in [0.05, 0.1) is 10.2 Å². The van der Waals surface area contributed by atoms with Crippen LogP contribution in [0, 0.1) is 13.8 Å². The number of anilines is 1. The molecule has 0 saturated carbocycles. The third kappa shape index (κ3) is 3.60. The van der Waals surface area contributed by atoms with Crippen molar-refractivity contribution in [2.45, 2.75) is 26.9 Å². The van der Waals surface area contributed by atoms with Crippen LogP contribution in [0.1, 0.15) is 18.1 Å². The van der Waals surface area contributed by atoms with Crippen molar-refractivity contribution in [3.05, 3.63) is 52.0 Å². The van der Waals surface area contributed by atoms with Crippen molar-refractivity contribution in [3.8, 4) is 5.75 Å². The van der Waals surface area contributed by atoms with Gasteiger partial charge in [-0.1, -0.05) is 39.4 Å². The zero-order valence-corrected chi connectivity index (χ0v) is 16.0. The molecule has 124 valence electrons. The van der Waals surface area contributed by atoms with Crippen LogP contribution in [0.25, 0.3) is 10.2 Å². The molecule has 2 aromatic carbocycles. The summed E-state index contributed by atoms with van der Waals surface area (Å²) in [6, 6.07) is 11.5. The standard InChI is InChI=1S/C18H17BrN2O2S/c1-10-7-8-15-16(11(10)2)20-18(24-15)21-17(22)12(3)23-14-6-4-5-13(19)9-14/h4-9,12H,1-3H3,(H,20,21,22). The number of carbonyl (C=O) groups is 1. The van der Waals surface area contributed by atoms with Crippen LogP contribution in [-0.4, -0.2) is 17.0 Å². The van der Waals surface area contributed by atoms with E-state index in [4.69, 9.17) is 4.74 Å². The summed E-state index contributed by atoms with van der Waals surface area (Å²) in [6.45, 7) is 5.82. The van der Waals surface area contributed by atoms with E-state index < -0.39 is 6.10 Å². The highest BCUT2D eigenvalue weighted by molar-refractivity contribution is 9.10. The van der Waals surface area contributed by atoms with Crippen LogP contribution >= 0.6 is 27.3 Å². The number of nitrogens with one attached hydrogen (secondary N) is 1. The normalized spacial score (nSPS) is 12.2. The second-order valence-corrected chi connectivity index (χ2v) is 7.53. The topological polar surface area (TPSA) is 51.2 Å². The molecule has 0 aliphatic carbocycles. The quantitative estimate of drug-likeness (QED) is 0.659. The van der Waals surface area contributed by atoms with Gasteiger partial charge in [0.1, 0.15) is 5.75 Å². The van der Waals surface area contributed by atoms with E-state index >= 15 is 0 Å². The maximum Gasteiger partial charge on any atom is 0.266 e. The lowest BCUT2D eigenvalue weighted by Gasteiger charge is -2.13. The molecule has 24 heavy (non-hydrogen) atoms. The summed E-state index contributed by atoms with van der Waals surface area (Å²) in [5.41, 5.74) is 3.27. The van der Waals surface area contributed by atoms with E-state index in [-0.39, 0.29) is 5.91 Å². The molecule has 1 aromatic heterocycles. The third-order valence-electron chi connectivity index (χ3n) is 3.79. The number of aryl methyl sites for hydroxylation is 2. The molecule has 4 nitrogen and oxygen atoms in total. The van der Waals surface area contributed by atoms with E-state index in [1.165, 1.54) is 16.9 Å². The predicted molar refractivity (Wildman–Crippen MR) is 102 cm³/mol. The van der Waals surface area contributed by atoms with E-state index in [9.17, 15) is 4.79 Å². The van der Waals surface area contributed by atoms with E-state index in [2.05, 4.69) is 39.2 Å². The number of rotatable bonds is 4. The smallest absolute Gasteiger partial charge is 0.266 e. The van der Waals surface area contributed by atoms with Crippen LogP contribution in [0.2, 0.25) is 0 Å². The highest BCUT2D eigenvalue weighted by atomic mass is 79.9. The SMILES string of the molecule is Cc1ccc2sc(NC(=O)C(C)Oc3cccc(Br)c3)nc2c1C. The van der Waals surface area contributed by atoms with Crippen LogP contribution in [0.4, 0.5) is 5.13 Å². The second kappa shape index (κ2) is 6.91. The first-order valence-electron chi connectivity index (χ1n) is 7.54. The van der Waals surface area contributed by atoms with Gasteiger partial charge in [0.2, 0.25) is 0 Å². The number of hydrogen-bond donors (Lipinski definition) is 1. The van der Waals surface area contributed by atoms with Gasteiger partial charge >= 0.3 is 0 Å². The van der Waals surface area contributed by atoms with E-state index in [1.54, 1.807) is 6.92 Å². The average Bonchev–Trinajstić information content (AvgIpc) is 2.94. The number of ether oxygens (including phenoxy) is 1. The maximum atomic E-state index is 12.3. The highest BCUT2D eigenvalue weighted by Crippen LogP contribution is 2.29. The highest BCUT2D eigenvalue weighted by Gasteiger charge is 2.17. The summed E-state index contributed by atoms with van der Waals surface area (Å²) < 4.78 is 7.65. The van der Waals surface area contributed by atoms with Gasteiger partial charge in [-0.05, 0) is 56.2 Å². The van der Waals surface area contributed by atoms with Crippen molar-refractivity contribution in [2.24, 2.45) is 0 Å². The molecule has 1 atom stereocenters. The number of carbonyl (C=O) groups excluding carboxylic acids is 1. The second-order valence-electron chi connectivity index (χ2n) is 5.58. The number of benzene rings is 2. The summed E-state index contributed by atoms with van der Waals surface area (Å²) in [4.78, 5) is 16.9. The van der Waals surface area contributed by atoms with Gasteiger partial charge in [0, 0.05) is 4.47 Å². The molecule has 0 saturated heterocycles. The van der Waals surface area contributed by atoms with Crippen LogP contribution in [-0.2, 0) is 4.79 Å². The van der Waals surface area contributed by atoms with Crippen LogP contribution in [0.5, 0.6) is 5.75 Å². The molecule has 0 spiro atoms. The molecule has 1 N–H and O–H groups in total. The molecule has 0 bridgehead atoms. The molecular formula is C18H17BrN2O2S. The number of halogens is 1. The Morgan fingerprint density at radius 1 is 1.29 bits per heavy atom. The van der Waals surface area contributed by atoms with E-state index in [0.29, 0.717) is 10.9 Å². The van der Waals surface area contributed by atoms with Crippen molar-refractivity contribution in [1.29, 1.82) is 0 Å². The summed E-state index contributed by atoms with van der Waals surface area (Å²) in [6.07, 6.45) is -0.617. The number of nitrogens with zero attached hydrogens (tertiary/aromatic N) is 1. The molecule has 1 amide bonds. The Morgan fingerprint density at radius 3 is 2.83 bits per heavy atom. The fourth-order valence-electron chi connectivity index (χ4n) is 2.28. The zero-order chi connectivity index (χ0) is 17.3. The summed E-state index contributed by atoms with van der Waals surface area (Å²) in [7, 11) is 0. The summed E-state index contributed by atoms with van der Waals surface area (Å²) in [5.74, 6) is 0.422. The van der Waals surface area contributed by atoms with Crippen LogP contribution in [0.3, 0.4) is 0 Å². The van der Waals surface area contributed by atoms with Crippen LogP contribution in [0.15, 0.2) is 40.9 Å². The Labute approximate surface area is 153 Å². The first kappa shape index (κ1) is 16.9. The van der Waals surface area contributed by atoms with Gasteiger partial charge < -0.3 is 4.74 Å². The number of aromatic nitrogens is 1. The average molecular weight is 405 g/mol. The van der Waals surface area contributed by atoms with E-state index in [1.807, 2.05) is 37.3 Å². The maximum absolute atomic E-state index is 12.3. The van der Waals surface area contributed by atoms with Gasteiger partial charge in [-0.15, -0.1) is 0 Å². The number of hydrogen-bond acceptors (Lipinski definition) is 4. The molecule has 0 aliphatic rings. The Bertz CT molecular complexity index is 907. The molecule has 1 unspecified atom stereocenters. The van der Waals surface area contributed by atoms with Gasteiger partial charge in [0.15, 0.2) is 11.2 Å². The Kier molecular flexibility index (Phi) is 4.87. The fraction of sp³-hybridized carbons (Fsp3) is 0.222. The lowest BCUT2D eigenvalue weighted by Crippen LogP contribution is -2.30. The summed E-state index contributed by atoms with van der Waals surface area (Å²) in [5, 5.41) is 3.44. The van der Waals surface area contributed by atoms with E-state index in [0.717, 1.165) is 20.3 Å². The van der Waals surface area contributed by atoms with Crippen LogP contribution < -0.4 is 10.1 Å². The number of thiazole rings is 1. The first-order chi connectivity index (χ1) is 11.4. The molecule has 0 fully saturated rings. The minimum absolute atomic E-state index is 0.219. The van der Waals surface area contributed by atoms with Gasteiger partial charge in [-0.2, -0.15) is 0 Å². The Morgan fingerprint density at radius 2 is 2.08 bits per heavy atom. The van der Waals surface area contributed by atoms with Gasteiger partial charge in [-0.3, -0.25) is 10.1 Å². The molecule has 1 heterocycles. The molecule has 3 rings (SSSR count). The Hall–Kier alpha value is -1.92. The number of amides is 1. The number of fused-ring (bicyclic) bond motifs is 1. The van der Waals surface area contributed by atoms with Crippen molar-refractivity contribution in [3.63, 3.8) is 0 Å². The third-order valence-corrected chi connectivity index (χ3v) is 5.22. The molecule has 6 heteroatoms. The van der Waals surface area contributed by atoms with Gasteiger partial charge in [-0.25, -0.2) is 4.98 Å². The Balaban J connectivity index is 1.73. The lowest BCUT2D eigenvalue weighted by molar-refractivity contribution is -0.122. The molecule has 3 aromatic rings. The lowest BCUT2D eigenvalue weighted by atomic mass is 10.1. The van der Waals surface area contributed by atoms with Crippen molar-refractivity contribution >= 4 is 48.5 Å². The fourth-order valence-corrected chi connectivity index (χ4v) is 3.59. The largest absolute Gasteiger partial charge is 0.481 e. The molecule has 0 aliphatic heterocycles. The van der Waals surface area contributed by atoms with Crippen molar-refractivity contribution in [1.82, 2.24) is 4.98 Å². The van der Waals surface area contributed by atoms with Gasteiger partial charge in [0.25, 0.3) is 5.91 Å². The molecular weight excluding hydrogens is 388 g/mol. The minimum atomic E-state index is -0.617.